The molecule has 1 N–H and O–H groups in total. The van der Waals surface area contributed by atoms with E-state index in [0.29, 0.717) is 11.5 Å². The summed E-state index contributed by atoms with van der Waals surface area (Å²) in [5, 5.41) is 8.81. The third-order valence-electron chi connectivity index (χ3n) is 2.88. The molecule has 1 atom stereocenters. The van der Waals surface area contributed by atoms with Gasteiger partial charge in [-0.15, -0.1) is 0 Å². The standard InChI is InChI=1S/C14H19ClN2O2S/c1-10(2)4-5-11(3)17-20(18,19)14-7-6-12(9-16)8-13(14)15/h6-8,10-11,17H,4-5H2,1-3H3. The monoisotopic (exact) mass is 314 g/mol. The Morgan fingerprint density at radius 1 is 1.30 bits per heavy atom. The first-order chi connectivity index (χ1) is 9.26. The Morgan fingerprint density at radius 3 is 2.45 bits per heavy atom. The van der Waals surface area contributed by atoms with Crippen molar-refractivity contribution in [3.63, 3.8) is 0 Å². The van der Waals surface area contributed by atoms with Crippen LogP contribution in [-0.2, 0) is 10.0 Å². The summed E-state index contributed by atoms with van der Waals surface area (Å²) < 4.78 is 27.1. The molecule has 0 saturated heterocycles. The first-order valence-corrected chi connectivity index (χ1v) is 8.34. The molecule has 0 aromatic heterocycles. The number of hydrogen-bond acceptors (Lipinski definition) is 3. The lowest BCUT2D eigenvalue weighted by Gasteiger charge is -2.16. The van der Waals surface area contributed by atoms with Crippen molar-refractivity contribution in [1.29, 1.82) is 5.26 Å². The molecule has 0 aliphatic carbocycles. The minimum atomic E-state index is -3.65. The highest BCUT2D eigenvalue weighted by Gasteiger charge is 2.20. The molecule has 1 rings (SSSR count). The molecule has 0 amide bonds. The topological polar surface area (TPSA) is 70.0 Å². The van der Waals surface area contributed by atoms with E-state index in [2.05, 4.69) is 18.6 Å². The third kappa shape index (κ3) is 4.78. The van der Waals surface area contributed by atoms with Crippen LogP contribution < -0.4 is 4.72 Å². The van der Waals surface area contributed by atoms with Gasteiger partial charge in [-0.1, -0.05) is 25.4 Å². The summed E-state index contributed by atoms with van der Waals surface area (Å²) in [6.07, 6.45) is 1.72. The van der Waals surface area contributed by atoms with Gasteiger partial charge in [0.05, 0.1) is 16.7 Å². The molecule has 0 fully saturated rings. The second-order valence-corrected chi connectivity index (χ2v) is 7.34. The molecule has 1 aromatic carbocycles. The molecule has 110 valence electrons. The van der Waals surface area contributed by atoms with Crippen molar-refractivity contribution in [3.8, 4) is 6.07 Å². The van der Waals surface area contributed by atoms with Gasteiger partial charge in [0, 0.05) is 6.04 Å². The third-order valence-corrected chi connectivity index (χ3v) is 4.96. The summed E-state index contributed by atoms with van der Waals surface area (Å²) in [7, 11) is -3.65. The summed E-state index contributed by atoms with van der Waals surface area (Å²) in [6.45, 7) is 6.02. The van der Waals surface area contributed by atoms with E-state index in [1.54, 1.807) is 0 Å². The number of nitriles is 1. The molecule has 1 aromatic rings. The lowest BCUT2D eigenvalue weighted by molar-refractivity contribution is 0.485. The fourth-order valence-electron chi connectivity index (χ4n) is 1.76. The predicted octanol–water partition coefficient (Wildman–Crippen LogP) is 3.31. The van der Waals surface area contributed by atoms with Crippen LogP contribution in [-0.4, -0.2) is 14.5 Å². The maximum absolute atomic E-state index is 12.2. The number of nitrogens with one attached hydrogen (secondary N) is 1. The van der Waals surface area contributed by atoms with Crippen LogP contribution in [0.1, 0.15) is 39.2 Å². The van der Waals surface area contributed by atoms with Gasteiger partial charge >= 0.3 is 0 Å². The number of sulfonamides is 1. The first kappa shape index (κ1) is 17.0. The number of benzene rings is 1. The Labute approximate surface area is 125 Å². The summed E-state index contributed by atoms with van der Waals surface area (Å²) in [4.78, 5) is 0.00886. The van der Waals surface area contributed by atoms with Gasteiger partial charge in [0.25, 0.3) is 0 Å². The molecule has 0 saturated carbocycles. The zero-order valence-electron chi connectivity index (χ0n) is 11.9. The lowest BCUT2D eigenvalue weighted by atomic mass is 10.1. The Balaban J connectivity index is 2.87. The molecule has 0 heterocycles. The molecule has 4 nitrogen and oxygen atoms in total. The quantitative estimate of drug-likeness (QED) is 0.875. The molecule has 20 heavy (non-hydrogen) atoms. The summed E-state index contributed by atoms with van der Waals surface area (Å²) in [5.74, 6) is 0.528. The minimum Gasteiger partial charge on any atom is -0.208 e. The van der Waals surface area contributed by atoms with Gasteiger partial charge in [-0.2, -0.15) is 5.26 Å². The van der Waals surface area contributed by atoms with Crippen LogP contribution in [0.25, 0.3) is 0 Å². The van der Waals surface area contributed by atoms with E-state index in [1.807, 2.05) is 13.0 Å². The van der Waals surface area contributed by atoms with Crippen LogP contribution in [0.3, 0.4) is 0 Å². The normalized spacial score (nSPS) is 13.2. The fraction of sp³-hybridized carbons (Fsp3) is 0.500. The highest BCUT2D eigenvalue weighted by Crippen LogP contribution is 2.23. The van der Waals surface area contributed by atoms with Crippen molar-refractivity contribution >= 4 is 21.6 Å². The Morgan fingerprint density at radius 2 is 1.95 bits per heavy atom. The number of nitrogens with zero attached hydrogens (tertiary/aromatic N) is 1. The van der Waals surface area contributed by atoms with Crippen molar-refractivity contribution in [2.75, 3.05) is 0 Å². The van der Waals surface area contributed by atoms with Gasteiger partial charge in [-0.25, -0.2) is 13.1 Å². The van der Waals surface area contributed by atoms with Crippen LogP contribution in [0.15, 0.2) is 23.1 Å². The minimum absolute atomic E-state index is 0.00886. The average Bonchev–Trinajstić information content (AvgIpc) is 2.35. The van der Waals surface area contributed by atoms with E-state index in [4.69, 9.17) is 16.9 Å². The molecule has 1 unspecified atom stereocenters. The van der Waals surface area contributed by atoms with Gasteiger partial charge < -0.3 is 0 Å². The van der Waals surface area contributed by atoms with Crippen molar-refractivity contribution in [3.05, 3.63) is 28.8 Å². The second-order valence-electron chi connectivity index (χ2n) is 5.25. The maximum atomic E-state index is 12.2. The van der Waals surface area contributed by atoms with Gasteiger partial charge in [0.2, 0.25) is 10.0 Å². The maximum Gasteiger partial charge on any atom is 0.242 e. The van der Waals surface area contributed by atoms with Crippen molar-refractivity contribution < 1.29 is 8.42 Å². The second kappa shape index (κ2) is 7.07. The summed E-state index contributed by atoms with van der Waals surface area (Å²) >= 11 is 5.93. The number of rotatable bonds is 6. The smallest absolute Gasteiger partial charge is 0.208 e. The van der Waals surface area contributed by atoms with Gasteiger partial charge in [-0.05, 0) is 43.9 Å². The van der Waals surface area contributed by atoms with Crippen LogP contribution in [0.5, 0.6) is 0 Å². The van der Waals surface area contributed by atoms with Gasteiger partial charge in [-0.3, -0.25) is 0 Å². The van der Waals surface area contributed by atoms with E-state index in [-0.39, 0.29) is 16.0 Å². The van der Waals surface area contributed by atoms with Crippen LogP contribution in [0.2, 0.25) is 5.02 Å². The van der Waals surface area contributed by atoms with E-state index in [1.165, 1.54) is 18.2 Å². The van der Waals surface area contributed by atoms with Crippen molar-refractivity contribution in [2.45, 2.75) is 44.6 Å². The fourth-order valence-corrected chi connectivity index (χ4v) is 3.58. The molecule has 0 aliphatic heterocycles. The van der Waals surface area contributed by atoms with Crippen molar-refractivity contribution in [2.24, 2.45) is 5.92 Å². The molecule has 6 heteroatoms. The molecular formula is C14H19ClN2O2S. The van der Waals surface area contributed by atoms with Gasteiger partial charge in [0.15, 0.2) is 0 Å². The largest absolute Gasteiger partial charge is 0.242 e. The zero-order chi connectivity index (χ0) is 15.3. The van der Waals surface area contributed by atoms with E-state index in [0.717, 1.165) is 12.8 Å². The SMILES string of the molecule is CC(C)CCC(C)NS(=O)(=O)c1ccc(C#N)cc1Cl. The van der Waals surface area contributed by atoms with Crippen molar-refractivity contribution in [1.82, 2.24) is 4.72 Å². The molecule has 0 radical (unpaired) electrons. The van der Waals surface area contributed by atoms with Gasteiger partial charge in [0.1, 0.15) is 4.90 Å². The van der Waals surface area contributed by atoms with Crippen LogP contribution in [0, 0.1) is 17.2 Å². The summed E-state index contributed by atoms with van der Waals surface area (Å²) in [5.41, 5.74) is 0.335. The predicted molar refractivity (Wildman–Crippen MR) is 80.0 cm³/mol. The van der Waals surface area contributed by atoms with Crippen LogP contribution in [0.4, 0.5) is 0 Å². The van der Waals surface area contributed by atoms with E-state index in [9.17, 15) is 8.42 Å². The highest BCUT2D eigenvalue weighted by atomic mass is 35.5. The lowest BCUT2D eigenvalue weighted by Crippen LogP contribution is -2.33. The highest BCUT2D eigenvalue weighted by molar-refractivity contribution is 7.89. The number of hydrogen-bond donors (Lipinski definition) is 1. The summed E-state index contributed by atoms with van der Waals surface area (Å²) in [6, 6.07) is 5.92. The zero-order valence-corrected chi connectivity index (χ0v) is 13.4. The average molecular weight is 315 g/mol. The molecular weight excluding hydrogens is 296 g/mol. The Hall–Kier alpha value is -1.09. The van der Waals surface area contributed by atoms with E-state index >= 15 is 0 Å². The van der Waals surface area contributed by atoms with Crippen LogP contribution >= 0.6 is 11.6 Å². The number of halogens is 1. The molecule has 0 spiro atoms. The van der Waals surface area contributed by atoms with E-state index < -0.39 is 10.0 Å². The molecule has 0 aliphatic rings. The molecule has 0 bridgehead atoms. The Kier molecular flexibility index (Phi) is 6.00. The first-order valence-electron chi connectivity index (χ1n) is 6.48. The Bertz CT molecular complexity index is 606.